The molecule has 0 amide bonds. The minimum atomic E-state index is -4.43. The van der Waals surface area contributed by atoms with Crippen LogP contribution in [0.4, 0.5) is 80.1 Å². The van der Waals surface area contributed by atoms with Gasteiger partial charge in [-0.3, -0.25) is 4.98 Å². The lowest BCUT2D eigenvalue weighted by atomic mass is 10.0. The van der Waals surface area contributed by atoms with E-state index in [1.165, 1.54) is 52.2 Å². The van der Waals surface area contributed by atoms with Crippen molar-refractivity contribution in [2.24, 2.45) is 0 Å². The van der Waals surface area contributed by atoms with Gasteiger partial charge < -0.3 is 45.5 Å². The fraction of sp³-hybridized carbons (Fsp3) is 0.0430. The predicted octanol–water partition coefficient (Wildman–Crippen LogP) is 24.0. The fourth-order valence-corrected chi connectivity index (χ4v) is 15.0. The van der Waals surface area contributed by atoms with Gasteiger partial charge in [-0.2, -0.15) is 18.4 Å². The number of ether oxygens (including phenoxy) is 4. The Morgan fingerprint density at radius 1 is 0.349 bits per heavy atom. The number of nitrogens with zero attached hydrogens (tertiary/aromatic N) is 17. The van der Waals surface area contributed by atoms with E-state index in [1.54, 1.807) is 154 Å². The van der Waals surface area contributed by atoms with Crippen molar-refractivity contribution in [3.05, 3.63) is 354 Å². The molecule has 8 aromatic carbocycles. The van der Waals surface area contributed by atoms with Gasteiger partial charge in [-0.1, -0.05) is 72.8 Å². The number of nitrogens with one attached hydrogen (secondary N) is 5. The van der Waals surface area contributed by atoms with Gasteiger partial charge in [-0.05, 0) is 150 Å². The highest BCUT2D eigenvalue weighted by Crippen LogP contribution is 2.41. The van der Waals surface area contributed by atoms with Crippen molar-refractivity contribution in [2.75, 3.05) is 40.8 Å². The molecule has 0 radical (unpaired) electrons. The van der Waals surface area contributed by atoms with Crippen LogP contribution in [0.3, 0.4) is 0 Å². The van der Waals surface area contributed by atoms with Crippen molar-refractivity contribution in [3.8, 4) is 111 Å². The van der Waals surface area contributed by atoms with Crippen LogP contribution in [0.1, 0.15) is 16.7 Å². The van der Waals surface area contributed by atoms with Gasteiger partial charge in [0, 0.05) is 147 Å². The predicted molar refractivity (Wildman–Crippen MR) is 493 cm³/mol. The van der Waals surface area contributed by atoms with E-state index in [1.807, 2.05) is 172 Å². The summed E-state index contributed by atoms with van der Waals surface area (Å²) in [7, 11) is 3.30. The highest BCUT2D eigenvalue weighted by atomic mass is 32.1. The number of thiazole rings is 5. The number of pyridine rings is 1. The van der Waals surface area contributed by atoms with Gasteiger partial charge in [0.15, 0.2) is 11.6 Å². The molecule has 11 aromatic heterocycles. The van der Waals surface area contributed by atoms with Crippen LogP contribution in [0, 0.1) is 23.0 Å². The third-order valence-corrected chi connectivity index (χ3v) is 21.8. The zero-order chi connectivity index (χ0) is 88.9. The zero-order valence-corrected chi connectivity index (χ0v) is 71.6. The van der Waals surface area contributed by atoms with Gasteiger partial charge in [0.05, 0.1) is 43.2 Å². The first-order valence-electron chi connectivity index (χ1n) is 38.6. The van der Waals surface area contributed by atoms with Crippen LogP contribution in [-0.2, 0) is 12.8 Å². The van der Waals surface area contributed by atoms with Crippen LogP contribution in [-0.4, -0.2) is 94.0 Å². The second-order valence-electron chi connectivity index (χ2n) is 26.4. The second kappa shape index (κ2) is 43.4. The summed E-state index contributed by atoms with van der Waals surface area (Å²) in [6.45, 7) is -0.199. The Morgan fingerprint density at radius 2 is 0.744 bits per heavy atom. The highest BCUT2D eigenvalue weighted by molar-refractivity contribution is 7.14. The lowest BCUT2D eigenvalue weighted by molar-refractivity contribution is -0.138. The molecular formula is C93H67F5N22O4S5. The molecule has 36 heteroatoms. The molecule has 0 saturated carbocycles. The Balaban J connectivity index is 0.000000124. The van der Waals surface area contributed by atoms with Gasteiger partial charge in [0.2, 0.25) is 29.7 Å². The van der Waals surface area contributed by atoms with Gasteiger partial charge in [-0.15, -0.1) is 56.7 Å². The maximum Gasteiger partial charge on any atom is 0.416 e. The monoisotopic (exact) mass is 1810 g/mol. The molecule has 0 spiro atoms. The summed E-state index contributed by atoms with van der Waals surface area (Å²) in [5.74, 6) is 3.70. The van der Waals surface area contributed by atoms with E-state index in [-0.39, 0.29) is 12.2 Å². The summed E-state index contributed by atoms with van der Waals surface area (Å²) < 4.78 is 87.8. The maximum atomic E-state index is 13.1. The van der Waals surface area contributed by atoms with Crippen molar-refractivity contribution >= 4 is 115 Å². The maximum absolute atomic E-state index is 13.1. The topological polar surface area (TPSA) is 327 Å². The van der Waals surface area contributed by atoms with E-state index in [0.717, 1.165) is 111 Å². The molecule has 638 valence electrons. The Hall–Kier alpha value is -16.2. The number of halogens is 5. The average molecular weight is 1810 g/mol. The van der Waals surface area contributed by atoms with Gasteiger partial charge in [0.25, 0.3) is 0 Å². The van der Waals surface area contributed by atoms with Crippen LogP contribution in [0.25, 0.3) is 75.8 Å². The molecule has 5 N–H and O–H groups in total. The Labute approximate surface area is 753 Å². The number of aromatic nitrogens is 16. The number of nitriles is 1. The Kier molecular flexibility index (Phi) is 29.5. The number of hydrogen-bond donors (Lipinski definition) is 5. The molecule has 129 heavy (non-hydrogen) atoms. The molecule has 0 unspecified atom stereocenters. The van der Waals surface area contributed by atoms with Crippen LogP contribution < -0.4 is 45.5 Å². The van der Waals surface area contributed by atoms with E-state index < -0.39 is 23.4 Å². The zero-order valence-electron chi connectivity index (χ0n) is 67.6. The molecule has 0 atom stereocenters. The number of rotatable bonds is 24. The lowest BCUT2D eigenvalue weighted by Gasteiger charge is -2.14. The number of anilines is 10. The first-order valence-corrected chi connectivity index (χ1v) is 43.0. The molecule has 11 heterocycles. The van der Waals surface area contributed by atoms with Crippen molar-refractivity contribution in [2.45, 2.75) is 12.8 Å². The van der Waals surface area contributed by atoms with Crippen LogP contribution in [0.15, 0.2) is 326 Å². The Morgan fingerprint density at radius 3 is 1.16 bits per heavy atom. The minimum absolute atomic E-state index is 0.0721. The van der Waals surface area contributed by atoms with Gasteiger partial charge in [0.1, 0.15) is 88.9 Å². The molecule has 0 saturated heterocycles. The third kappa shape index (κ3) is 24.7. The smallest absolute Gasteiger partial charge is 0.416 e. The Bertz CT molecular complexity index is 6860. The third-order valence-electron chi connectivity index (χ3n) is 17.8. The lowest BCUT2D eigenvalue weighted by Crippen LogP contribution is -2.10. The first-order chi connectivity index (χ1) is 63.2. The van der Waals surface area contributed by atoms with Crippen LogP contribution in [0.2, 0.25) is 0 Å². The fourth-order valence-electron chi connectivity index (χ4n) is 12.0. The second-order valence-corrected chi connectivity index (χ2v) is 30.9. The van der Waals surface area contributed by atoms with Gasteiger partial charge in [-0.25, -0.2) is 83.5 Å². The van der Waals surface area contributed by atoms with E-state index in [2.05, 4.69) is 112 Å². The average Bonchev–Trinajstić information content (AvgIpc) is 1.26. The summed E-state index contributed by atoms with van der Waals surface area (Å²) in [5.41, 5.74) is 11.3. The molecule has 0 aliphatic heterocycles. The highest BCUT2D eigenvalue weighted by Gasteiger charge is 2.33. The summed E-state index contributed by atoms with van der Waals surface area (Å²) in [6, 6.07) is 67.4. The normalized spacial score (nSPS) is 10.6. The molecule has 26 nitrogen and oxygen atoms in total. The summed E-state index contributed by atoms with van der Waals surface area (Å²) in [6.07, 6.45) is 16.0. The molecule has 0 fully saturated rings. The summed E-state index contributed by atoms with van der Waals surface area (Å²) in [4.78, 5) is 68.7. The number of alkyl halides is 3. The van der Waals surface area contributed by atoms with Crippen molar-refractivity contribution in [1.82, 2.24) is 79.7 Å². The van der Waals surface area contributed by atoms with Crippen LogP contribution in [0.5, 0.6) is 28.7 Å². The molecule has 19 rings (SSSR count). The first kappa shape index (κ1) is 87.7. The van der Waals surface area contributed by atoms with Crippen molar-refractivity contribution in [1.29, 1.82) is 5.26 Å². The van der Waals surface area contributed by atoms with E-state index >= 15 is 0 Å². The van der Waals surface area contributed by atoms with E-state index in [4.69, 9.17) is 24.2 Å². The summed E-state index contributed by atoms with van der Waals surface area (Å²) in [5, 5.41) is 38.1. The molecule has 19 aromatic rings. The molecule has 0 aliphatic rings. The number of benzene rings is 8. The minimum Gasteiger partial charge on any atom is -0.496 e. The summed E-state index contributed by atoms with van der Waals surface area (Å²) >= 11 is 7.55. The van der Waals surface area contributed by atoms with Crippen molar-refractivity contribution in [3.63, 3.8) is 0 Å². The van der Waals surface area contributed by atoms with E-state index in [0.29, 0.717) is 75.3 Å². The number of methoxy groups -OCH3 is 2. The standard InChI is InChI=1S/C21H15F3N4OS.C21H18N4O2S.C20H13N5S.C18H13N5OS.C13H8F2N4S/c22-21(23,24)17-7-2-1-4-14(17)13-29-16-6-3-5-15(12-16)27-20-26-9-8-18(28-20)19-25-10-11-30-19;1-26-17-7-4-8-18(27-2)19(17)14-5-3-6-15(13-14)24-21-23-10-9-16(25-21)20-22-11-12-28-20;21-13-14-4-6-15(7-5-14)16-2-1-3-17(12-16)24-20-23-9-8-18(25-20)19-22-10-11-26-19;1-3-13(11-14(4-1)24-15-5-2-7-19-12-15)22-18-21-8-6-16(23-18)17-20-9-10-25-17;14-9-2-1-8(7-10(9)15)18-13-17-4-3-11(19-13)12-16-5-6-20-12/h1-12H,13H2,(H,26,27,28);3-13H,1-2H3,(H,23,24,25);1-12H,(H,23,24,25);1-12H,(H,21,22,23);1-7H,(H,17,18,19). The van der Waals surface area contributed by atoms with Crippen LogP contribution >= 0.6 is 56.7 Å². The largest absolute Gasteiger partial charge is 0.496 e. The van der Waals surface area contributed by atoms with Gasteiger partial charge >= 0.3 is 6.18 Å². The van der Waals surface area contributed by atoms with Crippen molar-refractivity contribution < 1.29 is 40.9 Å². The quantitative estimate of drug-likeness (QED) is 0.0351. The molecule has 0 aliphatic carbocycles. The SMILES string of the molecule is COc1cccc(OC)c1-c1cccc(Nc2nccc(-c3nccs3)n2)c1.FC(F)(F)c1ccccc1COc1cccc(Nc2nccc(-c3nccs3)n2)c1.Fc1ccc(Nc2nccc(-c3nccs3)n2)cc1F.N#Cc1ccc(-c2cccc(Nc3nccc(-c4nccs4)n3)c2)cc1.c1cncc(Oc2cccc(Nc3nccc(-c4nccs4)n3)c2)c1. The molecule has 0 bridgehead atoms. The van der Waals surface area contributed by atoms with E-state index in [9.17, 15) is 22.0 Å². The number of hydrogen-bond acceptors (Lipinski definition) is 31. The molecular weight excluding hydrogens is 1740 g/mol.